The zero-order chi connectivity index (χ0) is 51.5. The van der Waals surface area contributed by atoms with Crippen LogP contribution in [-0.2, 0) is 4.79 Å². The zero-order valence-electron chi connectivity index (χ0n) is 42.5. The number of carbonyl (C=O) groups is 3. The minimum Gasteiger partial charge on any atom is -0.508 e. The molecule has 2 saturated carbocycles. The Balaban J connectivity index is 0.696. The van der Waals surface area contributed by atoms with E-state index in [9.17, 15) is 19.5 Å². The molecule has 388 valence electrons. The number of piperazine rings is 1. The number of nitrogens with one attached hydrogen (secondary N) is 1. The van der Waals surface area contributed by atoms with Gasteiger partial charge in [0.15, 0.2) is 5.82 Å². The van der Waals surface area contributed by atoms with Crippen LogP contribution in [0.3, 0.4) is 0 Å². The van der Waals surface area contributed by atoms with Gasteiger partial charge in [-0.15, -0.1) is 6.42 Å². The summed E-state index contributed by atoms with van der Waals surface area (Å²) in [5.41, 5.74) is 8.50. The molecule has 4 amide bonds. The topological polar surface area (TPSA) is 174 Å². The number of piperidine rings is 2. The first-order valence-electron chi connectivity index (χ1n) is 26.5. The highest BCUT2D eigenvalue weighted by Gasteiger charge is 2.46. The van der Waals surface area contributed by atoms with Crippen LogP contribution in [0.25, 0.3) is 32.9 Å². The molecule has 11 rings (SSSR count). The van der Waals surface area contributed by atoms with Crippen LogP contribution in [0, 0.1) is 47.6 Å². The largest absolute Gasteiger partial charge is 0.508 e. The molecule has 74 heavy (non-hydrogen) atoms. The molecule has 3 aromatic carbocycles. The summed E-state index contributed by atoms with van der Waals surface area (Å²) in [6.07, 6.45) is 18.0. The van der Waals surface area contributed by atoms with Crippen molar-refractivity contribution in [2.24, 2.45) is 22.5 Å². The van der Waals surface area contributed by atoms with E-state index < -0.39 is 23.2 Å². The predicted octanol–water partition coefficient (Wildman–Crippen LogP) is 7.77. The number of imide groups is 1. The lowest BCUT2D eigenvalue weighted by atomic mass is 9.65. The minimum atomic E-state index is -0.758. The number of benzene rings is 3. The first-order chi connectivity index (χ1) is 35.6. The fourth-order valence-electron chi connectivity index (χ4n) is 12.6. The number of fused-ring (bicyclic) bond motifs is 2. The number of aromatic nitrogens is 3. The predicted molar refractivity (Wildman–Crippen MR) is 280 cm³/mol. The Kier molecular flexibility index (Phi) is 13.2. The number of ether oxygens (including phenoxy) is 1. The number of terminal acetylenes is 1. The molecule has 2 aliphatic carbocycles. The van der Waals surface area contributed by atoms with Gasteiger partial charge < -0.3 is 35.2 Å². The van der Waals surface area contributed by atoms with Crippen molar-refractivity contribution in [1.29, 1.82) is 0 Å². The fraction of sp³-hybridized carbons (Fsp3) is 0.509. The van der Waals surface area contributed by atoms with Crippen molar-refractivity contribution in [2.75, 3.05) is 88.4 Å². The molecule has 1 spiro atoms. The van der Waals surface area contributed by atoms with Crippen molar-refractivity contribution in [1.82, 2.24) is 35.0 Å². The molecular formula is C57H66F2N10O5. The Morgan fingerprint density at radius 1 is 0.932 bits per heavy atom. The van der Waals surface area contributed by atoms with E-state index >= 15 is 8.78 Å². The van der Waals surface area contributed by atoms with Crippen LogP contribution in [-0.4, -0.2) is 137 Å². The Morgan fingerprint density at radius 3 is 2.41 bits per heavy atom. The number of pyridine rings is 1. The summed E-state index contributed by atoms with van der Waals surface area (Å²) in [6, 6.07) is 10.7. The van der Waals surface area contributed by atoms with Crippen LogP contribution in [0.1, 0.15) is 99.0 Å². The van der Waals surface area contributed by atoms with Crippen LogP contribution in [0.15, 0.2) is 48.7 Å². The van der Waals surface area contributed by atoms with Crippen LogP contribution >= 0.6 is 0 Å². The highest BCUT2D eigenvalue weighted by molar-refractivity contribution is 6.07. The van der Waals surface area contributed by atoms with Gasteiger partial charge in [-0.25, -0.2) is 13.6 Å². The second-order valence-corrected chi connectivity index (χ2v) is 22.7. The van der Waals surface area contributed by atoms with Crippen molar-refractivity contribution in [3.63, 3.8) is 0 Å². The van der Waals surface area contributed by atoms with Crippen LogP contribution in [0.4, 0.5) is 25.1 Å². The third-order valence-corrected chi connectivity index (χ3v) is 17.2. The lowest BCUT2D eigenvalue weighted by Crippen LogP contribution is -2.52. The van der Waals surface area contributed by atoms with E-state index in [2.05, 4.69) is 30.9 Å². The molecule has 15 nitrogen and oxygen atoms in total. The van der Waals surface area contributed by atoms with E-state index in [-0.39, 0.29) is 68.5 Å². The third-order valence-electron chi connectivity index (χ3n) is 17.2. The highest BCUT2D eigenvalue weighted by Crippen LogP contribution is 2.49. The standard InChI is InChI=1S/C57H66F2N10O5/c1-4-41-44(58)9-8-38-28-40(70)30-42(47(38)41)49-48(59)50-43(31-61-49)51(68-20-5-13-55(3,60)33-68)64-53(63-50)74-35-57(16-17-57)34-66-26-24-65(25-27-66)32-37-10-14-56(15-11-37)18-22-67(23-19-56)52(72)39-7-6-36(2)45(29-39)69-21-12-46(71)62-54(69)73/h1,6-9,28-31,37,70H,5,10-27,32-35,60H2,2-3H3,(H,62,71,73). The Bertz CT molecular complexity index is 3080. The van der Waals surface area contributed by atoms with E-state index in [0.717, 1.165) is 96.4 Å². The summed E-state index contributed by atoms with van der Waals surface area (Å²) < 4.78 is 38.7. The number of nitrogens with two attached hydrogens (primary N) is 1. The van der Waals surface area contributed by atoms with E-state index in [1.54, 1.807) is 11.0 Å². The van der Waals surface area contributed by atoms with Gasteiger partial charge in [0.25, 0.3) is 5.91 Å². The second kappa shape index (κ2) is 19.7. The van der Waals surface area contributed by atoms with Gasteiger partial charge in [-0.1, -0.05) is 18.1 Å². The number of likely N-dealkylation sites (tertiary alicyclic amines) is 1. The molecule has 5 aromatic rings. The summed E-state index contributed by atoms with van der Waals surface area (Å²) in [6.45, 7) is 13.2. The second-order valence-electron chi connectivity index (χ2n) is 22.7. The number of rotatable bonds is 11. The number of aromatic hydroxyl groups is 1. The maximum atomic E-state index is 17.1. The highest BCUT2D eigenvalue weighted by atomic mass is 19.1. The molecular weight excluding hydrogens is 943 g/mol. The molecule has 4 saturated heterocycles. The molecule has 17 heteroatoms. The molecule has 6 aliphatic rings. The maximum Gasteiger partial charge on any atom is 0.328 e. The number of phenols is 1. The normalized spacial score (nSPS) is 22.6. The molecule has 1 atom stereocenters. The first kappa shape index (κ1) is 49.7. The minimum absolute atomic E-state index is 0.00252. The number of phenolic OH excluding ortho intramolecular Hbond substituents is 1. The van der Waals surface area contributed by atoms with E-state index in [1.807, 2.05) is 30.9 Å². The molecule has 0 bridgehead atoms. The van der Waals surface area contributed by atoms with E-state index in [1.165, 1.54) is 56.1 Å². The van der Waals surface area contributed by atoms with Crippen LogP contribution < -0.4 is 25.6 Å². The van der Waals surface area contributed by atoms with Crippen molar-refractivity contribution >= 4 is 51.0 Å². The third kappa shape index (κ3) is 9.96. The lowest BCUT2D eigenvalue weighted by molar-refractivity contribution is -0.120. The molecule has 2 aromatic heterocycles. The number of hydrogen-bond acceptors (Lipinski definition) is 12. The smallest absolute Gasteiger partial charge is 0.328 e. The summed E-state index contributed by atoms with van der Waals surface area (Å²) in [7, 11) is 0. The number of hydrogen-bond donors (Lipinski definition) is 3. The molecule has 6 fully saturated rings. The molecule has 4 N–H and O–H groups in total. The van der Waals surface area contributed by atoms with Gasteiger partial charge >= 0.3 is 12.0 Å². The van der Waals surface area contributed by atoms with Gasteiger partial charge in [0.2, 0.25) is 5.91 Å². The average molecular weight is 1010 g/mol. The molecule has 0 radical (unpaired) electrons. The number of aryl methyl sites for hydroxylation is 1. The molecule has 6 heterocycles. The Labute approximate surface area is 430 Å². The van der Waals surface area contributed by atoms with Gasteiger partial charge in [0, 0.05) is 118 Å². The molecule has 4 aliphatic heterocycles. The van der Waals surface area contributed by atoms with Crippen molar-refractivity contribution in [3.8, 4) is 35.4 Å². The van der Waals surface area contributed by atoms with Gasteiger partial charge in [-0.2, -0.15) is 9.97 Å². The zero-order valence-corrected chi connectivity index (χ0v) is 42.5. The number of nitrogens with zero attached hydrogens (tertiary/aromatic N) is 8. The number of anilines is 2. The SMILES string of the molecule is C#Cc1c(F)ccc2cc(O)cc(-c3ncc4c(N5CCCC(C)(N)C5)nc(OCC5(CN6CCN(CC7CCC8(CC7)CCN(C(=O)c7ccc(C)c(N9CCC(=O)NC9=O)c7)CC8)CC6)CC5)nc4c3F)c12. The number of urea groups is 1. The van der Waals surface area contributed by atoms with Crippen molar-refractivity contribution in [3.05, 3.63) is 77.0 Å². The number of amides is 4. The van der Waals surface area contributed by atoms with Gasteiger partial charge in [-0.3, -0.25) is 24.8 Å². The number of carbonyl (C=O) groups excluding carboxylic acids is 3. The summed E-state index contributed by atoms with van der Waals surface area (Å²) in [5, 5.41) is 14.2. The van der Waals surface area contributed by atoms with Crippen LogP contribution in [0.5, 0.6) is 11.8 Å². The van der Waals surface area contributed by atoms with E-state index in [4.69, 9.17) is 26.9 Å². The van der Waals surface area contributed by atoms with Crippen molar-refractivity contribution in [2.45, 2.75) is 90.0 Å². The summed E-state index contributed by atoms with van der Waals surface area (Å²) in [4.78, 5) is 63.0. The van der Waals surface area contributed by atoms with Crippen LogP contribution in [0.2, 0.25) is 0 Å². The van der Waals surface area contributed by atoms with Gasteiger partial charge in [0.1, 0.15) is 28.6 Å². The monoisotopic (exact) mass is 1010 g/mol. The Hall–Kier alpha value is -6.48. The van der Waals surface area contributed by atoms with Crippen molar-refractivity contribution < 1.29 is 33.0 Å². The average Bonchev–Trinajstić information content (AvgIpc) is 4.16. The molecule has 1 unspecified atom stereocenters. The Morgan fingerprint density at radius 2 is 1.69 bits per heavy atom. The van der Waals surface area contributed by atoms with Gasteiger partial charge in [-0.05, 0) is 131 Å². The van der Waals surface area contributed by atoms with E-state index in [0.29, 0.717) is 60.0 Å². The fourth-order valence-corrected chi connectivity index (χ4v) is 12.6. The number of halogens is 2. The summed E-state index contributed by atoms with van der Waals surface area (Å²) in [5.74, 6) is 1.74. The lowest BCUT2D eigenvalue weighted by Gasteiger charge is -2.47. The summed E-state index contributed by atoms with van der Waals surface area (Å²) >= 11 is 0. The quantitative estimate of drug-likeness (QED) is 0.110. The van der Waals surface area contributed by atoms with Gasteiger partial charge in [0.05, 0.1) is 17.6 Å². The maximum absolute atomic E-state index is 17.1. The first-order valence-corrected chi connectivity index (χ1v) is 26.5.